The van der Waals surface area contributed by atoms with Crippen molar-refractivity contribution in [2.24, 2.45) is 5.73 Å². The number of nitrogen functional groups attached to an aromatic ring is 1. The minimum Gasteiger partial charge on any atom is -0.481 e. The first-order chi connectivity index (χ1) is 35.8. The number of benzene rings is 6. The quantitative estimate of drug-likeness (QED) is 0.0631. The molecule has 9 aromatic rings. The number of carboxylic acids is 1. The number of amides is 3. The van der Waals surface area contributed by atoms with E-state index in [2.05, 4.69) is 30.9 Å². The smallest absolute Gasteiger partial charge is 0.407 e. The number of aromatic nitrogens is 3. The van der Waals surface area contributed by atoms with E-state index in [0.717, 1.165) is 60.4 Å². The van der Waals surface area contributed by atoms with Gasteiger partial charge in [0.1, 0.15) is 5.60 Å². The third-order valence-electron chi connectivity index (χ3n) is 11.6. The standard InChI is InChI=1S/C23H25N3O3.C18H17N3O.C10H12O2.C9H8N2/c1-23(2,3)29-22(28)25-15-19(16-8-5-4-6-9-16)21(27)26-20-11-7-10-17-14-24-13-12-18(17)20;19-11-16(13-5-2-1-3-6-13)18(22)21-17-8-4-7-14-12-20-10-9-15(14)17;1-2-9(10(11)12)8-6-4-3-5-7-8;10-9-3-1-2-7-6-11-5-4-8(7)9/h4-14,19H,15H2,1-3H3,(H,25,28)(H,26,27);1-10,12,16H,11,19H2,(H,21,22);3-7,9H,2H2,1H3,(H,11,12);1-6H,10H2. The van der Waals surface area contributed by atoms with Crippen molar-refractivity contribution in [1.29, 1.82) is 0 Å². The van der Waals surface area contributed by atoms with Gasteiger partial charge in [-0.1, -0.05) is 134 Å². The van der Waals surface area contributed by atoms with Gasteiger partial charge >= 0.3 is 12.1 Å². The molecule has 0 radical (unpaired) electrons. The maximum absolute atomic E-state index is 13.1. The number of nitrogens with zero attached hydrogens (tertiary/aromatic N) is 3. The van der Waals surface area contributed by atoms with Crippen molar-refractivity contribution in [2.45, 2.75) is 57.5 Å². The highest BCUT2D eigenvalue weighted by molar-refractivity contribution is 6.05. The van der Waals surface area contributed by atoms with Crippen molar-refractivity contribution < 1.29 is 29.0 Å². The maximum Gasteiger partial charge on any atom is 0.407 e. The van der Waals surface area contributed by atoms with Gasteiger partial charge in [0.05, 0.1) is 17.8 Å². The van der Waals surface area contributed by atoms with Crippen molar-refractivity contribution >= 4 is 73.3 Å². The minimum absolute atomic E-state index is 0.0991. The average Bonchev–Trinajstić information content (AvgIpc) is 3.40. The molecule has 3 unspecified atom stereocenters. The van der Waals surface area contributed by atoms with Crippen LogP contribution >= 0.6 is 0 Å². The molecule has 74 heavy (non-hydrogen) atoms. The van der Waals surface area contributed by atoms with E-state index in [4.69, 9.17) is 21.3 Å². The molecule has 0 spiro atoms. The molecule has 0 aliphatic heterocycles. The molecule has 0 fully saturated rings. The van der Waals surface area contributed by atoms with E-state index in [1.165, 1.54) is 0 Å². The van der Waals surface area contributed by atoms with Crippen LogP contribution < -0.4 is 27.4 Å². The third-order valence-corrected chi connectivity index (χ3v) is 11.6. The van der Waals surface area contributed by atoms with Gasteiger partial charge in [-0.15, -0.1) is 0 Å². The zero-order valence-corrected chi connectivity index (χ0v) is 41.9. The summed E-state index contributed by atoms with van der Waals surface area (Å²) in [5, 5.41) is 23.5. The summed E-state index contributed by atoms with van der Waals surface area (Å²) in [6.45, 7) is 7.65. The molecule has 0 saturated carbocycles. The van der Waals surface area contributed by atoms with Gasteiger partial charge in [0.15, 0.2) is 0 Å². The zero-order valence-electron chi connectivity index (χ0n) is 41.9. The Hall–Kier alpha value is -9.01. The molecule has 0 aliphatic rings. The predicted octanol–water partition coefficient (Wildman–Crippen LogP) is 11.5. The van der Waals surface area contributed by atoms with Gasteiger partial charge in [-0.3, -0.25) is 29.3 Å². The highest BCUT2D eigenvalue weighted by atomic mass is 16.6. The molecule has 0 bridgehead atoms. The van der Waals surface area contributed by atoms with Crippen LogP contribution in [-0.4, -0.2) is 62.6 Å². The lowest BCUT2D eigenvalue weighted by atomic mass is 9.97. The highest BCUT2D eigenvalue weighted by Crippen LogP contribution is 2.27. The Labute approximate surface area is 431 Å². The lowest BCUT2D eigenvalue weighted by molar-refractivity contribution is -0.138. The Morgan fingerprint density at radius 1 is 0.541 bits per heavy atom. The lowest BCUT2D eigenvalue weighted by Gasteiger charge is -2.22. The Balaban J connectivity index is 0.000000173. The zero-order chi connectivity index (χ0) is 52.9. The van der Waals surface area contributed by atoms with Crippen molar-refractivity contribution in [3.63, 3.8) is 0 Å². The molecule has 14 nitrogen and oxygen atoms in total. The van der Waals surface area contributed by atoms with Gasteiger partial charge in [0.2, 0.25) is 11.8 Å². The van der Waals surface area contributed by atoms with Crippen molar-refractivity contribution in [1.82, 2.24) is 20.3 Å². The van der Waals surface area contributed by atoms with Gasteiger partial charge in [-0.25, -0.2) is 4.79 Å². The summed E-state index contributed by atoms with van der Waals surface area (Å²) in [4.78, 5) is 60.7. The van der Waals surface area contributed by atoms with E-state index in [0.29, 0.717) is 12.1 Å². The van der Waals surface area contributed by atoms with Gasteiger partial charge in [0, 0.05) is 99.7 Å². The Kier molecular flexibility index (Phi) is 19.8. The number of pyridine rings is 3. The van der Waals surface area contributed by atoms with Crippen molar-refractivity contribution in [3.05, 3.63) is 218 Å². The van der Waals surface area contributed by atoms with Crippen LogP contribution in [-0.2, 0) is 19.1 Å². The number of nitrogens with one attached hydrogen (secondary N) is 3. The van der Waals surface area contributed by atoms with Crippen LogP contribution in [0.2, 0.25) is 0 Å². The van der Waals surface area contributed by atoms with Gasteiger partial charge in [-0.05, 0) is 80.3 Å². The Morgan fingerprint density at radius 3 is 1.36 bits per heavy atom. The summed E-state index contributed by atoms with van der Waals surface area (Å²) in [5.74, 6) is -2.34. The van der Waals surface area contributed by atoms with Crippen LogP contribution in [0.15, 0.2) is 201 Å². The van der Waals surface area contributed by atoms with Crippen LogP contribution in [0.1, 0.15) is 68.6 Å². The first-order valence-electron chi connectivity index (χ1n) is 24.2. The summed E-state index contributed by atoms with van der Waals surface area (Å²) in [6, 6.07) is 51.2. The number of ether oxygens (including phenoxy) is 1. The molecule has 3 atom stereocenters. The molecule has 3 aromatic heterocycles. The number of carboxylic acid groups (broad SMARTS) is 1. The number of anilines is 3. The minimum atomic E-state index is -0.747. The molecule has 3 heterocycles. The number of nitrogens with two attached hydrogens (primary N) is 2. The van der Waals surface area contributed by atoms with E-state index >= 15 is 0 Å². The predicted molar refractivity (Wildman–Crippen MR) is 296 cm³/mol. The number of aliphatic carboxylic acids is 1. The van der Waals surface area contributed by atoms with Crippen molar-refractivity contribution in [3.8, 4) is 0 Å². The van der Waals surface area contributed by atoms with E-state index in [9.17, 15) is 19.2 Å². The van der Waals surface area contributed by atoms with Crippen molar-refractivity contribution in [2.75, 3.05) is 29.5 Å². The molecule has 3 amide bonds. The van der Waals surface area contributed by atoms with Gasteiger partial charge < -0.3 is 37.3 Å². The normalized spacial score (nSPS) is 11.9. The first kappa shape index (κ1) is 54.3. The van der Waals surface area contributed by atoms with Crippen LogP contribution in [0, 0.1) is 0 Å². The molecule has 0 saturated heterocycles. The van der Waals surface area contributed by atoms with Crippen LogP contribution in [0.4, 0.5) is 21.9 Å². The molecule has 8 N–H and O–H groups in total. The maximum atomic E-state index is 13.1. The SMILES string of the molecule is CC(C)(C)OC(=O)NCC(C(=O)Nc1cccc2cnccc12)c1ccccc1.CCC(C(=O)O)c1ccccc1.NCC(C(=O)Nc1cccc2cnccc12)c1ccccc1.Nc1cccc2cnccc12. The third kappa shape index (κ3) is 15.7. The molecular formula is C60H62N8O6. The lowest BCUT2D eigenvalue weighted by Crippen LogP contribution is -2.37. The molecule has 378 valence electrons. The molecule has 0 aliphatic carbocycles. The Bertz CT molecular complexity index is 3230. The number of hydrogen-bond acceptors (Lipinski definition) is 10. The van der Waals surface area contributed by atoms with Gasteiger partial charge in [0.25, 0.3) is 0 Å². The summed E-state index contributed by atoms with van der Waals surface area (Å²) in [6.07, 6.45) is 10.6. The van der Waals surface area contributed by atoms with Crippen LogP contribution in [0.25, 0.3) is 32.3 Å². The fourth-order valence-corrected chi connectivity index (χ4v) is 7.92. The molecule has 9 rings (SSSR count). The average molecular weight is 991 g/mol. The molecule has 14 heteroatoms. The van der Waals surface area contributed by atoms with Crippen LogP contribution in [0.3, 0.4) is 0 Å². The van der Waals surface area contributed by atoms with Gasteiger partial charge in [-0.2, -0.15) is 0 Å². The van der Waals surface area contributed by atoms with E-state index < -0.39 is 23.6 Å². The van der Waals surface area contributed by atoms with E-state index in [1.807, 2.05) is 177 Å². The number of carbonyl (C=O) groups is 4. The Morgan fingerprint density at radius 2 is 0.946 bits per heavy atom. The second kappa shape index (κ2) is 27.0. The summed E-state index contributed by atoms with van der Waals surface area (Å²) in [7, 11) is 0. The number of fused-ring (bicyclic) bond motifs is 3. The number of hydrogen-bond donors (Lipinski definition) is 6. The van der Waals surface area contributed by atoms with E-state index in [1.54, 1.807) is 51.8 Å². The second-order valence-corrected chi connectivity index (χ2v) is 18.0. The summed E-state index contributed by atoms with van der Waals surface area (Å²) < 4.78 is 5.29. The first-order valence-corrected chi connectivity index (χ1v) is 24.2. The topological polar surface area (TPSA) is 225 Å². The number of rotatable bonds is 12. The number of carbonyl (C=O) groups excluding carboxylic acids is 3. The molecule has 6 aromatic carbocycles. The number of alkyl carbamates (subject to hydrolysis) is 1. The highest BCUT2D eigenvalue weighted by Gasteiger charge is 2.24. The summed E-state index contributed by atoms with van der Waals surface area (Å²) in [5.41, 5.74) is 15.8. The largest absolute Gasteiger partial charge is 0.481 e. The monoisotopic (exact) mass is 990 g/mol. The fraction of sp³-hybridized carbons (Fsp3) is 0.183. The van der Waals surface area contributed by atoms with Crippen LogP contribution in [0.5, 0.6) is 0 Å². The second-order valence-electron chi connectivity index (χ2n) is 18.0. The summed E-state index contributed by atoms with van der Waals surface area (Å²) >= 11 is 0. The fourth-order valence-electron chi connectivity index (χ4n) is 7.92. The molecular weight excluding hydrogens is 929 g/mol. The van der Waals surface area contributed by atoms with E-state index in [-0.39, 0.29) is 36.7 Å².